The zero-order valence-electron chi connectivity index (χ0n) is 11.6. The zero-order chi connectivity index (χ0) is 13.4. The number of nitrogens with zero attached hydrogens (tertiary/aromatic N) is 1. The fraction of sp³-hybridized carbons (Fsp3) is 0.533. The van der Waals surface area contributed by atoms with Crippen molar-refractivity contribution in [2.24, 2.45) is 0 Å². The number of nitrogens with one attached hydrogen (secondary N) is 1. The van der Waals surface area contributed by atoms with Gasteiger partial charge in [-0.15, -0.1) is 0 Å². The van der Waals surface area contributed by atoms with Crippen molar-refractivity contribution in [2.45, 2.75) is 39.8 Å². The highest BCUT2D eigenvalue weighted by Crippen LogP contribution is 2.05. The first-order valence-electron chi connectivity index (χ1n) is 6.68. The summed E-state index contributed by atoms with van der Waals surface area (Å²) in [5.74, 6) is 0.217. The molecule has 0 unspecified atom stereocenters. The Morgan fingerprint density at radius 3 is 2.50 bits per heavy atom. The smallest absolute Gasteiger partial charge is 0.224 e. The highest BCUT2D eigenvalue weighted by molar-refractivity contribution is 5.76. The molecular weight excluding hydrogens is 224 g/mol. The molecule has 1 amide bonds. The Labute approximate surface area is 110 Å². The fourth-order valence-electron chi connectivity index (χ4n) is 1.81. The third kappa shape index (κ3) is 5.32. The van der Waals surface area contributed by atoms with E-state index in [1.807, 2.05) is 30.0 Å². The van der Waals surface area contributed by atoms with Gasteiger partial charge in [-0.05, 0) is 12.5 Å². The van der Waals surface area contributed by atoms with Crippen molar-refractivity contribution in [3.05, 3.63) is 35.9 Å². The number of hydrogen-bond donors (Lipinski definition) is 1. The van der Waals surface area contributed by atoms with E-state index >= 15 is 0 Å². The second-order valence-corrected chi connectivity index (χ2v) is 4.75. The average molecular weight is 248 g/mol. The molecule has 1 aromatic carbocycles. The van der Waals surface area contributed by atoms with E-state index in [0.717, 1.165) is 13.1 Å². The van der Waals surface area contributed by atoms with Crippen LogP contribution in [0.15, 0.2) is 30.3 Å². The Morgan fingerprint density at radius 2 is 1.94 bits per heavy atom. The van der Waals surface area contributed by atoms with Crippen molar-refractivity contribution < 1.29 is 4.79 Å². The maximum Gasteiger partial charge on any atom is 0.224 e. The Morgan fingerprint density at radius 1 is 1.28 bits per heavy atom. The van der Waals surface area contributed by atoms with Crippen LogP contribution in [-0.4, -0.2) is 29.9 Å². The van der Waals surface area contributed by atoms with E-state index in [0.29, 0.717) is 19.0 Å². The van der Waals surface area contributed by atoms with Crippen molar-refractivity contribution in [1.29, 1.82) is 0 Å². The molecule has 0 aliphatic heterocycles. The topological polar surface area (TPSA) is 32.3 Å². The minimum atomic E-state index is 0.217. The minimum absolute atomic E-state index is 0.217. The molecule has 0 aliphatic carbocycles. The molecule has 0 radical (unpaired) electrons. The van der Waals surface area contributed by atoms with E-state index in [1.54, 1.807) is 0 Å². The van der Waals surface area contributed by atoms with Crippen LogP contribution in [0.5, 0.6) is 0 Å². The summed E-state index contributed by atoms with van der Waals surface area (Å²) < 4.78 is 0. The monoisotopic (exact) mass is 248 g/mol. The molecule has 100 valence electrons. The predicted molar refractivity (Wildman–Crippen MR) is 75.3 cm³/mol. The van der Waals surface area contributed by atoms with E-state index in [4.69, 9.17) is 0 Å². The highest BCUT2D eigenvalue weighted by Gasteiger charge is 2.11. The van der Waals surface area contributed by atoms with Crippen LogP contribution in [0.3, 0.4) is 0 Å². The van der Waals surface area contributed by atoms with E-state index in [9.17, 15) is 4.79 Å². The molecule has 1 aromatic rings. The number of rotatable bonds is 7. The second-order valence-electron chi connectivity index (χ2n) is 4.75. The molecule has 0 fully saturated rings. The van der Waals surface area contributed by atoms with Gasteiger partial charge in [0, 0.05) is 32.1 Å². The summed E-state index contributed by atoms with van der Waals surface area (Å²) in [6.07, 6.45) is 0.568. The van der Waals surface area contributed by atoms with Crippen LogP contribution in [0, 0.1) is 0 Å². The lowest BCUT2D eigenvalue weighted by Crippen LogP contribution is -2.34. The van der Waals surface area contributed by atoms with E-state index in [1.165, 1.54) is 5.56 Å². The van der Waals surface area contributed by atoms with Gasteiger partial charge in [0.25, 0.3) is 0 Å². The summed E-state index contributed by atoms with van der Waals surface area (Å²) in [7, 11) is 0. The summed E-state index contributed by atoms with van der Waals surface area (Å²) in [5, 5.41) is 3.27. The number of carbonyl (C=O) groups excluding carboxylic acids is 1. The number of carbonyl (C=O) groups is 1. The lowest BCUT2D eigenvalue weighted by molar-refractivity contribution is -0.131. The summed E-state index contributed by atoms with van der Waals surface area (Å²) in [6.45, 7) is 8.42. The maximum absolute atomic E-state index is 12.0. The van der Waals surface area contributed by atoms with Gasteiger partial charge in [-0.3, -0.25) is 4.79 Å². The Balaban J connectivity index is 2.43. The van der Waals surface area contributed by atoms with Gasteiger partial charge in [0.05, 0.1) is 0 Å². The van der Waals surface area contributed by atoms with Gasteiger partial charge in [0.2, 0.25) is 5.91 Å². The lowest BCUT2D eigenvalue weighted by atomic mass is 10.2. The summed E-state index contributed by atoms with van der Waals surface area (Å²) in [6, 6.07) is 10.6. The maximum atomic E-state index is 12.0. The van der Waals surface area contributed by atoms with Gasteiger partial charge in [-0.1, -0.05) is 44.2 Å². The summed E-state index contributed by atoms with van der Waals surface area (Å²) in [5.41, 5.74) is 1.18. The molecule has 0 saturated heterocycles. The Hall–Kier alpha value is -1.35. The molecule has 0 atom stereocenters. The van der Waals surface area contributed by atoms with Crippen LogP contribution < -0.4 is 5.32 Å². The van der Waals surface area contributed by atoms with Crippen molar-refractivity contribution in [3.63, 3.8) is 0 Å². The standard InChI is InChI=1S/C15H24N2O/c1-4-17(12-14-8-6-5-7-9-14)15(18)10-11-16-13(2)3/h5-9,13,16H,4,10-12H2,1-3H3. The fourth-order valence-corrected chi connectivity index (χ4v) is 1.81. The molecule has 0 saturated carbocycles. The summed E-state index contributed by atoms with van der Waals surface area (Å²) in [4.78, 5) is 13.9. The largest absolute Gasteiger partial charge is 0.339 e. The van der Waals surface area contributed by atoms with Gasteiger partial charge in [0.1, 0.15) is 0 Å². The molecular formula is C15H24N2O. The third-order valence-corrected chi connectivity index (χ3v) is 2.84. The molecule has 0 heterocycles. The molecule has 0 spiro atoms. The Bertz CT molecular complexity index is 349. The zero-order valence-corrected chi connectivity index (χ0v) is 11.6. The first-order chi connectivity index (χ1) is 8.63. The molecule has 0 aliphatic rings. The highest BCUT2D eigenvalue weighted by atomic mass is 16.2. The van der Waals surface area contributed by atoms with Crippen LogP contribution in [0.2, 0.25) is 0 Å². The van der Waals surface area contributed by atoms with Crippen LogP contribution >= 0.6 is 0 Å². The van der Waals surface area contributed by atoms with Crippen LogP contribution in [0.25, 0.3) is 0 Å². The van der Waals surface area contributed by atoms with E-state index in [2.05, 4.69) is 31.3 Å². The van der Waals surface area contributed by atoms with Gasteiger partial charge >= 0.3 is 0 Å². The third-order valence-electron chi connectivity index (χ3n) is 2.84. The van der Waals surface area contributed by atoms with Gasteiger partial charge in [-0.2, -0.15) is 0 Å². The van der Waals surface area contributed by atoms with Crippen molar-refractivity contribution in [1.82, 2.24) is 10.2 Å². The molecule has 0 bridgehead atoms. The average Bonchev–Trinajstić information content (AvgIpc) is 2.36. The number of benzene rings is 1. The van der Waals surface area contributed by atoms with Crippen LogP contribution in [-0.2, 0) is 11.3 Å². The van der Waals surface area contributed by atoms with Crippen LogP contribution in [0.4, 0.5) is 0 Å². The van der Waals surface area contributed by atoms with Crippen molar-refractivity contribution in [2.75, 3.05) is 13.1 Å². The minimum Gasteiger partial charge on any atom is -0.339 e. The number of amides is 1. The van der Waals surface area contributed by atoms with Gasteiger partial charge in [-0.25, -0.2) is 0 Å². The molecule has 3 nitrogen and oxygen atoms in total. The molecule has 1 N–H and O–H groups in total. The molecule has 1 rings (SSSR count). The molecule has 3 heteroatoms. The molecule has 0 aromatic heterocycles. The van der Waals surface area contributed by atoms with Crippen LogP contribution in [0.1, 0.15) is 32.8 Å². The number of hydrogen-bond acceptors (Lipinski definition) is 2. The van der Waals surface area contributed by atoms with Gasteiger partial charge < -0.3 is 10.2 Å². The molecule has 18 heavy (non-hydrogen) atoms. The predicted octanol–water partition coefficient (Wildman–Crippen LogP) is 2.42. The lowest BCUT2D eigenvalue weighted by Gasteiger charge is -2.21. The van der Waals surface area contributed by atoms with E-state index < -0.39 is 0 Å². The normalized spacial score (nSPS) is 10.7. The first-order valence-corrected chi connectivity index (χ1v) is 6.68. The first kappa shape index (κ1) is 14.7. The quantitative estimate of drug-likeness (QED) is 0.803. The summed E-state index contributed by atoms with van der Waals surface area (Å²) >= 11 is 0. The van der Waals surface area contributed by atoms with Gasteiger partial charge in [0.15, 0.2) is 0 Å². The van der Waals surface area contributed by atoms with Crippen molar-refractivity contribution in [3.8, 4) is 0 Å². The van der Waals surface area contributed by atoms with Crippen molar-refractivity contribution >= 4 is 5.91 Å². The SMILES string of the molecule is CCN(Cc1ccccc1)C(=O)CCNC(C)C. The Kier molecular flexibility index (Phi) is 6.44. The second kappa shape index (κ2) is 7.88. The van der Waals surface area contributed by atoms with E-state index in [-0.39, 0.29) is 5.91 Å².